The van der Waals surface area contributed by atoms with Crippen molar-refractivity contribution in [2.75, 3.05) is 7.11 Å². The van der Waals surface area contributed by atoms with E-state index in [2.05, 4.69) is 25.7 Å². The van der Waals surface area contributed by atoms with E-state index in [-0.39, 0.29) is 6.20 Å². The molecule has 0 aromatic carbocycles. The number of halogens is 6. The van der Waals surface area contributed by atoms with E-state index in [4.69, 9.17) is 0 Å². The Labute approximate surface area is 106 Å². The van der Waals surface area contributed by atoms with Gasteiger partial charge in [0.15, 0.2) is 0 Å². The molecule has 3 nitrogen and oxygen atoms in total. The van der Waals surface area contributed by atoms with E-state index in [0.717, 1.165) is 7.11 Å². The minimum atomic E-state index is -5.04. The minimum Gasteiger partial charge on any atom is -0.465 e. The van der Waals surface area contributed by atoms with Crippen LogP contribution in [0.1, 0.15) is 27.9 Å². The van der Waals surface area contributed by atoms with Crippen LogP contribution in [0.25, 0.3) is 0 Å². The summed E-state index contributed by atoms with van der Waals surface area (Å²) < 4.78 is 66.9. The lowest BCUT2D eigenvalue weighted by atomic mass is 10.0. The van der Waals surface area contributed by atoms with Crippen molar-refractivity contribution in [2.45, 2.75) is 12.6 Å². The van der Waals surface area contributed by atoms with Gasteiger partial charge in [-0.3, -0.25) is 0 Å². The highest BCUT2D eigenvalue weighted by molar-refractivity contribution is 9.10. The highest BCUT2D eigenvalue weighted by atomic mass is 79.9. The molecule has 0 fully saturated rings. The van der Waals surface area contributed by atoms with Gasteiger partial charge >= 0.3 is 12.1 Å². The Morgan fingerprint density at radius 3 is 2.39 bits per heavy atom. The topological polar surface area (TPSA) is 39.2 Å². The molecule has 0 aliphatic carbocycles. The molecule has 1 aromatic rings. The lowest BCUT2D eigenvalue weighted by Crippen LogP contribution is -2.17. The van der Waals surface area contributed by atoms with Crippen LogP contribution in [0.15, 0.2) is 10.8 Å². The summed E-state index contributed by atoms with van der Waals surface area (Å²) in [6.45, 7) is 0. The van der Waals surface area contributed by atoms with E-state index in [1.807, 2.05) is 0 Å². The summed E-state index contributed by atoms with van der Waals surface area (Å²) >= 11 is 2.65. The molecular formula is C9H5BrF5NO2. The summed E-state index contributed by atoms with van der Waals surface area (Å²) in [5, 5.41) is 0. The van der Waals surface area contributed by atoms with E-state index in [0.29, 0.717) is 0 Å². The van der Waals surface area contributed by atoms with Crippen LogP contribution in [-0.4, -0.2) is 18.1 Å². The zero-order valence-electron chi connectivity index (χ0n) is 8.69. The second-order valence-electron chi connectivity index (χ2n) is 3.04. The van der Waals surface area contributed by atoms with E-state index in [1.165, 1.54) is 0 Å². The fourth-order valence-corrected chi connectivity index (χ4v) is 1.73. The van der Waals surface area contributed by atoms with Gasteiger partial charge in [-0.05, 0) is 15.9 Å². The molecule has 0 unspecified atom stereocenters. The molecule has 9 heteroatoms. The zero-order valence-corrected chi connectivity index (χ0v) is 10.3. The molecular weight excluding hydrogens is 329 g/mol. The largest absolute Gasteiger partial charge is 0.465 e. The second-order valence-corrected chi connectivity index (χ2v) is 3.79. The lowest BCUT2D eigenvalue weighted by Gasteiger charge is -2.15. The summed E-state index contributed by atoms with van der Waals surface area (Å²) in [5.41, 5.74) is -4.04. The standard InChI is InChI=1S/C9H5BrF5NO2/c1-18-8(17)5-4(7(11)12)3(9(13,14)15)2-16-6(5)10/h2,7H,1H3. The van der Waals surface area contributed by atoms with Gasteiger partial charge in [0.1, 0.15) is 10.2 Å². The lowest BCUT2D eigenvalue weighted by molar-refractivity contribution is -0.139. The van der Waals surface area contributed by atoms with Crippen LogP contribution in [0.5, 0.6) is 0 Å². The van der Waals surface area contributed by atoms with Gasteiger partial charge in [0.05, 0.1) is 12.7 Å². The van der Waals surface area contributed by atoms with Crippen molar-refractivity contribution in [3.8, 4) is 0 Å². The Balaban J connectivity index is 3.64. The summed E-state index contributed by atoms with van der Waals surface area (Å²) in [4.78, 5) is 14.5. The van der Waals surface area contributed by atoms with E-state index in [1.54, 1.807) is 0 Å². The smallest absolute Gasteiger partial charge is 0.418 e. The third-order valence-electron chi connectivity index (χ3n) is 1.99. The average molecular weight is 334 g/mol. The van der Waals surface area contributed by atoms with Gasteiger partial charge in [0, 0.05) is 11.8 Å². The third kappa shape index (κ3) is 2.77. The molecule has 0 aliphatic heterocycles. The molecule has 0 aliphatic rings. The number of alkyl halides is 5. The molecule has 0 saturated heterocycles. The Morgan fingerprint density at radius 1 is 1.44 bits per heavy atom. The SMILES string of the molecule is COC(=O)c1c(Br)ncc(C(F)(F)F)c1C(F)F. The number of esters is 1. The molecule has 0 bridgehead atoms. The molecule has 1 heterocycles. The highest BCUT2D eigenvalue weighted by Crippen LogP contribution is 2.39. The molecule has 1 rings (SSSR count). The predicted molar refractivity (Wildman–Crippen MR) is 53.2 cm³/mol. The van der Waals surface area contributed by atoms with Crippen LogP contribution in [0.3, 0.4) is 0 Å². The van der Waals surface area contributed by atoms with Crippen LogP contribution in [0.4, 0.5) is 22.0 Å². The Morgan fingerprint density at radius 2 is 2.00 bits per heavy atom. The first kappa shape index (κ1) is 14.8. The fraction of sp³-hybridized carbons (Fsp3) is 0.333. The number of carbonyl (C=O) groups is 1. The maximum absolute atomic E-state index is 12.7. The van der Waals surface area contributed by atoms with Crippen molar-refractivity contribution in [1.82, 2.24) is 4.98 Å². The molecule has 0 spiro atoms. The van der Waals surface area contributed by atoms with Gasteiger partial charge in [-0.1, -0.05) is 0 Å². The highest BCUT2D eigenvalue weighted by Gasteiger charge is 2.39. The molecule has 1 aromatic heterocycles. The van der Waals surface area contributed by atoms with E-state index < -0.39 is 39.9 Å². The van der Waals surface area contributed by atoms with Gasteiger partial charge in [-0.2, -0.15) is 13.2 Å². The molecule has 0 N–H and O–H groups in total. The van der Waals surface area contributed by atoms with Crippen molar-refractivity contribution in [2.24, 2.45) is 0 Å². The van der Waals surface area contributed by atoms with Crippen LogP contribution in [0, 0.1) is 0 Å². The number of hydrogen-bond acceptors (Lipinski definition) is 3. The molecule has 0 saturated carbocycles. The number of methoxy groups -OCH3 is 1. The number of nitrogens with zero attached hydrogens (tertiary/aromatic N) is 1. The maximum Gasteiger partial charge on any atom is 0.418 e. The van der Waals surface area contributed by atoms with Crippen molar-refractivity contribution < 1.29 is 31.5 Å². The maximum atomic E-state index is 12.7. The number of pyridine rings is 1. The van der Waals surface area contributed by atoms with Crippen molar-refractivity contribution in [3.05, 3.63) is 27.5 Å². The van der Waals surface area contributed by atoms with Crippen molar-refractivity contribution >= 4 is 21.9 Å². The predicted octanol–water partition coefficient (Wildman–Crippen LogP) is 3.59. The van der Waals surface area contributed by atoms with Gasteiger partial charge in [0.25, 0.3) is 6.43 Å². The number of hydrogen-bond donors (Lipinski definition) is 0. The van der Waals surface area contributed by atoms with Crippen LogP contribution in [-0.2, 0) is 10.9 Å². The summed E-state index contributed by atoms with van der Waals surface area (Å²) in [6.07, 6.45) is -8.30. The van der Waals surface area contributed by atoms with Crippen LogP contribution >= 0.6 is 15.9 Å². The molecule has 0 amide bonds. The van der Waals surface area contributed by atoms with Crippen LogP contribution < -0.4 is 0 Å². The first-order valence-electron chi connectivity index (χ1n) is 4.32. The Kier molecular flexibility index (Phi) is 4.25. The normalized spacial score (nSPS) is 11.8. The molecule has 100 valence electrons. The quantitative estimate of drug-likeness (QED) is 0.471. The monoisotopic (exact) mass is 333 g/mol. The van der Waals surface area contributed by atoms with Gasteiger partial charge in [-0.25, -0.2) is 18.6 Å². The first-order chi connectivity index (χ1) is 8.20. The summed E-state index contributed by atoms with van der Waals surface area (Å²) in [6, 6.07) is 0. The number of ether oxygens (including phenoxy) is 1. The number of rotatable bonds is 2. The minimum absolute atomic E-state index is 0.234. The third-order valence-corrected chi connectivity index (χ3v) is 2.59. The Hall–Kier alpha value is -1.25. The van der Waals surface area contributed by atoms with Gasteiger partial charge in [0.2, 0.25) is 0 Å². The average Bonchev–Trinajstić information content (AvgIpc) is 2.25. The van der Waals surface area contributed by atoms with E-state index in [9.17, 15) is 26.7 Å². The number of aromatic nitrogens is 1. The molecule has 0 radical (unpaired) electrons. The van der Waals surface area contributed by atoms with E-state index >= 15 is 0 Å². The fourth-order valence-electron chi connectivity index (χ4n) is 1.25. The second kappa shape index (κ2) is 5.17. The zero-order chi connectivity index (χ0) is 14.1. The van der Waals surface area contributed by atoms with Crippen LogP contribution in [0.2, 0.25) is 0 Å². The Bertz CT molecular complexity index is 475. The summed E-state index contributed by atoms with van der Waals surface area (Å²) in [5.74, 6) is -1.32. The van der Waals surface area contributed by atoms with Gasteiger partial charge < -0.3 is 4.74 Å². The number of carbonyl (C=O) groups excluding carboxylic acids is 1. The van der Waals surface area contributed by atoms with Crippen molar-refractivity contribution in [3.63, 3.8) is 0 Å². The van der Waals surface area contributed by atoms with Crippen molar-refractivity contribution in [1.29, 1.82) is 0 Å². The molecule has 0 atom stereocenters. The van der Waals surface area contributed by atoms with Gasteiger partial charge in [-0.15, -0.1) is 0 Å². The summed E-state index contributed by atoms with van der Waals surface area (Å²) in [7, 11) is 0.865. The molecule has 18 heavy (non-hydrogen) atoms. The first-order valence-corrected chi connectivity index (χ1v) is 5.11.